The lowest BCUT2D eigenvalue weighted by Gasteiger charge is -2.12. The molecule has 0 fully saturated rings. The predicted molar refractivity (Wildman–Crippen MR) is 102 cm³/mol. The van der Waals surface area contributed by atoms with E-state index in [1.54, 1.807) is 12.4 Å². The monoisotopic (exact) mass is 391 g/mol. The van der Waals surface area contributed by atoms with E-state index in [1.807, 2.05) is 47.9 Å². The Morgan fingerprint density at radius 3 is 2.43 bits per heavy atom. The van der Waals surface area contributed by atoms with Crippen molar-refractivity contribution in [2.75, 3.05) is 0 Å². The van der Waals surface area contributed by atoms with Crippen LogP contribution in [0.5, 0.6) is 0 Å². The highest BCUT2D eigenvalue weighted by Gasteiger charge is 2.19. The number of benzene rings is 1. The van der Waals surface area contributed by atoms with Gasteiger partial charge in [-0.25, -0.2) is 9.97 Å². The van der Waals surface area contributed by atoms with Crippen molar-refractivity contribution in [2.45, 2.75) is 17.2 Å². The summed E-state index contributed by atoms with van der Waals surface area (Å²) in [5.41, 5.74) is 2.66. The average molecular weight is 391 g/mol. The maximum absolute atomic E-state index is 10.8. The molecule has 0 spiro atoms. The van der Waals surface area contributed by atoms with Crippen molar-refractivity contribution in [1.82, 2.24) is 29.7 Å². The third-order valence-electron chi connectivity index (χ3n) is 3.94. The van der Waals surface area contributed by atoms with Crippen molar-refractivity contribution >= 4 is 17.4 Å². The van der Waals surface area contributed by atoms with Gasteiger partial charge >= 0.3 is 5.69 Å². The lowest BCUT2D eigenvalue weighted by molar-refractivity contribution is -0.385. The lowest BCUT2D eigenvalue weighted by atomic mass is 10.2. The number of aryl methyl sites for hydroxylation is 1. The van der Waals surface area contributed by atoms with Gasteiger partial charge in [0.15, 0.2) is 11.0 Å². The van der Waals surface area contributed by atoms with Gasteiger partial charge in [0.1, 0.15) is 12.4 Å². The quantitative estimate of drug-likeness (QED) is 0.289. The summed E-state index contributed by atoms with van der Waals surface area (Å²) in [6, 6.07) is 11.6. The van der Waals surface area contributed by atoms with Gasteiger partial charge in [-0.1, -0.05) is 18.2 Å². The Labute approximate surface area is 163 Å². The molecule has 0 unspecified atom stereocenters. The fraction of sp³-hybridized carbons (Fsp3) is 0.0556. The number of nitro groups is 1. The first-order valence-electron chi connectivity index (χ1n) is 8.19. The molecular weight excluding hydrogens is 378 g/mol. The zero-order valence-electron chi connectivity index (χ0n) is 14.6. The molecule has 0 aliphatic heterocycles. The van der Waals surface area contributed by atoms with Crippen molar-refractivity contribution in [1.29, 1.82) is 0 Å². The van der Waals surface area contributed by atoms with E-state index in [0.29, 0.717) is 16.1 Å². The van der Waals surface area contributed by atoms with Crippen molar-refractivity contribution in [2.24, 2.45) is 0 Å². The average Bonchev–Trinajstić information content (AvgIpc) is 3.13. The van der Waals surface area contributed by atoms with Gasteiger partial charge in [0, 0.05) is 18.0 Å². The largest absolute Gasteiger partial charge is 0.305 e. The number of rotatable bonds is 5. The van der Waals surface area contributed by atoms with Crippen LogP contribution in [-0.2, 0) is 0 Å². The number of aromatic nitrogens is 6. The number of hydrogen-bond acceptors (Lipinski definition) is 8. The molecule has 0 amide bonds. The highest BCUT2D eigenvalue weighted by molar-refractivity contribution is 7.99. The molecule has 4 aromatic rings. The first-order valence-corrected chi connectivity index (χ1v) is 9.01. The normalized spacial score (nSPS) is 10.8. The number of para-hydroxylation sites is 1. The molecule has 10 heteroatoms. The highest BCUT2D eigenvalue weighted by atomic mass is 32.2. The van der Waals surface area contributed by atoms with E-state index in [9.17, 15) is 10.1 Å². The van der Waals surface area contributed by atoms with Crippen LogP contribution < -0.4 is 0 Å². The molecule has 0 aliphatic carbocycles. The molecule has 0 N–H and O–H groups in total. The van der Waals surface area contributed by atoms with Crippen LogP contribution in [0.2, 0.25) is 0 Å². The van der Waals surface area contributed by atoms with Crippen LogP contribution >= 0.6 is 11.8 Å². The van der Waals surface area contributed by atoms with Crippen LogP contribution in [0.3, 0.4) is 0 Å². The van der Waals surface area contributed by atoms with Crippen LogP contribution in [0.1, 0.15) is 5.56 Å². The summed E-state index contributed by atoms with van der Waals surface area (Å²) in [5, 5.41) is 20.3. The molecule has 138 valence electrons. The van der Waals surface area contributed by atoms with Crippen molar-refractivity contribution in [3.63, 3.8) is 0 Å². The Morgan fingerprint density at radius 1 is 1.04 bits per heavy atom. The third-order valence-corrected chi connectivity index (χ3v) is 4.78. The molecular formula is C18H13N7O2S. The van der Waals surface area contributed by atoms with E-state index in [0.717, 1.165) is 16.8 Å². The molecule has 0 radical (unpaired) electrons. The minimum atomic E-state index is -0.536. The summed E-state index contributed by atoms with van der Waals surface area (Å²) in [6.07, 6.45) is 5.73. The zero-order chi connectivity index (χ0) is 19.5. The smallest absolute Gasteiger partial charge is 0.269 e. The topological polar surface area (TPSA) is 113 Å². The van der Waals surface area contributed by atoms with Gasteiger partial charge < -0.3 is 0 Å². The Morgan fingerprint density at radius 2 is 1.75 bits per heavy atom. The minimum absolute atomic E-state index is 0.165. The van der Waals surface area contributed by atoms with Crippen LogP contribution in [0.15, 0.2) is 71.5 Å². The second-order valence-electron chi connectivity index (χ2n) is 5.75. The van der Waals surface area contributed by atoms with Gasteiger partial charge in [-0.2, -0.15) is 0 Å². The van der Waals surface area contributed by atoms with Gasteiger partial charge in [-0.05, 0) is 42.4 Å². The second kappa shape index (κ2) is 7.53. The molecule has 0 aliphatic rings. The summed E-state index contributed by atoms with van der Waals surface area (Å²) >= 11 is 1.18. The fourth-order valence-electron chi connectivity index (χ4n) is 2.59. The first kappa shape index (κ1) is 17.7. The fourth-order valence-corrected chi connectivity index (χ4v) is 3.33. The number of hydrogen-bond donors (Lipinski definition) is 0. The summed E-state index contributed by atoms with van der Waals surface area (Å²) in [5.74, 6) is 0.654. The molecule has 4 rings (SSSR count). The van der Waals surface area contributed by atoms with Crippen molar-refractivity contribution in [3.05, 3.63) is 76.9 Å². The standard InChI is InChI=1S/C18H13N7O2S/c1-12-4-2-3-5-15(12)24-16(13-6-8-19-9-7-13)22-23-18(24)28-17-20-10-14(11-21-17)25(26)27/h2-11H,1H3. The maximum Gasteiger partial charge on any atom is 0.305 e. The second-order valence-corrected chi connectivity index (χ2v) is 6.68. The van der Waals surface area contributed by atoms with E-state index in [4.69, 9.17) is 0 Å². The molecule has 28 heavy (non-hydrogen) atoms. The Kier molecular flexibility index (Phi) is 4.77. The van der Waals surface area contributed by atoms with Gasteiger partial charge in [-0.15, -0.1) is 10.2 Å². The minimum Gasteiger partial charge on any atom is -0.269 e. The first-order chi connectivity index (χ1) is 13.6. The van der Waals surface area contributed by atoms with E-state index in [2.05, 4.69) is 25.1 Å². The van der Waals surface area contributed by atoms with Crippen LogP contribution in [0.4, 0.5) is 5.69 Å². The molecule has 0 saturated heterocycles. The van der Waals surface area contributed by atoms with Crippen LogP contribution in [0.25, 0.3) is 17.1 Å². The van der Waals surface area contributed by atoms with Gasteiger partial charge in [0.05, 0.1) is 10.6 Å². The van der Waals surface area contributed by atoms with Crippen LogP contribution in [0, 0.1) is 17.0 Å². The maximum atomic E-state index is 10.8. The van der Waals surface area contributed by atoms with E-state index in [-0.39, 0.29) is 5.69 Å². The zero-order valence-corrected chi connectivity index (χ0v) is 15.4. The molecule has 0 bridgehead atoms. The number of nitrogens with zero attached hydrogens (tertiary/aromatic N) is 7. The van der Waals surface area contributed by atoms with Gasteiger partial charge in [-0.3, -0.25) is 19.7 Å². The molecule has 0 atom stereocenters. The summed E-state index contributed by atoms with van der Waals surface area (Å²) in [6.45, 7) is 2.00. The summed E-state index contributed by atoms with van der Waals surface area (Å²) in [7, 11) is 0. The number of pyridine rings is 1. The molecule has 1 aromatic carbocycles. The van der Waals surface area contributed by atoms with Gasteiger partial charge in [0.2, 0.25) is 5.16 Å². The molecule has 3 aromatic heterocycles. The summed E-state index contributed by atoms with van der Waals surface area (Å²) in [4.78, 5) is 22.4. The summed E-state index contributed by atoms with van der Waals surface area (Å²) < 4.78 is 1.92. The predicted octanol–water partition coefficient (Wildman–Crippen LogP) is 3.49. The molecule has 0 saturated carbocycles. The van der Waals surface area contributed by atoms with E-state index in [1.165, 1.54) is 24.2 Å². The Bertz CT molecular complexity index is 1130. The van der Waals surface area contributed by atoms with E-state index >= 15 is 0 Å². The van der Waals surface area contributed by atoms with Crippen molar-refractivity contribution in [3.8, 4) is 17.1 Å². The molecule has 9 nitrogen and oxygen atoms in total. The van der Waals surface area contributed by atoms with Crippen molar-refractivity contribution < 1.29 is 4.92 Å². The Hall–Kier alpha value is -3.66. The molecule has 3 heterocycles. The van der Waals surface area contributed by atoms with E-state index < -0.39 is 4.92 Å². The Balaban J connectivity index is 1.80. The van der Waals surface area contributed by atoms with Crippen LogP contribution in [-0.4, -0.2) is 34.6 Å². The SMILES string of the molecule is Cc1ccccc1-n1c(Sc2ncc([N+](=O)[O-])cn2)nnc1-c1ccncc1. The lowest BCUT2D eigenvalue weighted by Crippen LogP contribution is -2.02. The highest BCUT2D eigenvalue weighted by Crippen LogP contribution is 2.31. The van der Waals surface area contributed by atoms with Gasteiger partial charge in [0.25, 0.3) is 0 Å². The third kappa shape index (κ3) is 3.45.